The molecule has 3 aliphatic rings. The molecule has 0 aromatic heterocycles. The normalized spacial score (nSPS) is 26.6. The van der Waals surface area contributed by atoms with Gasteiger partial charge in [0.1, 0.15) is 5.60 Å². The van der Waals surface area contributed by atoms with Gasteiger partial charge in [-0.25, -0.2) is 0 Å². The fraction of sp³-hybridized carbons (Fsp3) is 0.650. The van der Waals surface area contributed by atoms with Crippen LogP contribution in [0.15, 0.2) is 18.2 Å². The van der Waals surface area contributed by atoms with E-state index in [4.69, 9.17) is 4.74 Å². The van der Waals surface area contributed by atoms with Gasteiger partial charge in [-0.1, -0.05) is 12.5 Å². The molecule has 4 heteroatoms. The monoisotopic (exact) mass is 328 g/mol. The summed E-state index contributed by atoms with van der Waals surface area (Å²) in [5.41, 5.74) is 3.14. The molecule has 0 N–H and O–H groups in total. The van der Waals surface area contributed by atoms with Crippen molar-refractivity contribution in [2.24, 2.45) is 0 Å². The van der Waals surface area contributed by atoms with Gasteiger partial charge in [-0.2, -0.15) is 0 Å². The molecule has 3 saturated heterocycles. The Kier molecular flexibility index (Phi) is 4.13. The molecule has 0 aliphatic carbocycles. The number of hydrogen-bond acceptors (Lipinski definition) is 3. The highest BCUT2D eigenvalue weighted by molar-refractivity contribution is 5.95. The summed E-state index contributed by atoms with van der Waals surface area (Å²) < 4.78 is 6.17. The van der Waals surface area contributed by atoms with Gasteiger partial charge in [0.15, 0.2) is 0 Å². The van der Waals surface area contributed by atoms with Gasteiger partial charge in [0.2, 0.25) is 0 Å². The number of aryl methyl sites for hydroxylation is 2. The van der Waals surface area contributed by atoms with Crippen LogP contribution >= 0.6 is 0 Å². The van der Waals surface area contributed by atoms with Gasteiger partial charge in [0.05, 0.1) is 19.7 Å². The second-order valence-corrected chi connectivity index (χ2v) is 7.91. The van der Waals surface area contributed by atoms with Gasteiger partial charge in [-0.15, -0.1) is 0 Å². The quantitative estimate of drug-likeness (QED) is 0.837. The van der Waals surface area contributed by atoms with E-state index in [1.807, 2.05) is 23.1 Å². The molecule has 1 unspecified atom stereocenters. The lowest BCUT2D eigenvalue weighted by Crippen LogP contribution is -2.63. The Labute approximate surface area is 144 Å². The minimum Gasteiger partial charge on any atom is -0.370 e. The Bertz CT molecular complexity index is 631. The summed E-state index contributed by atoms with van der Waals surface area (Å²) in [6.45, 7) is 8.92. The van der Waals surface area contributed by atoms with Crippen LogP contribution in [-0.2, 0) is 4.74 Å². The van der Waals surface area contributed by atoms with Crippen molar-refractivity contribution >= 4 is 5.91 Å². The molecule has 3 heterocycles. The molecular formula is C20H28N2O2. The van der Waals surface area contributed by atoms with E-state index >= 15 is 0 Å². The van der Waals surface area contributed by atoms with Crippen molar-refractivity contribution in [3.63, 3.8) is 0 Å². The summed E-state index contributed by atoms with van der Waals surface area (Å²) in [5.74, 6) is 0.147. The number of piperidine rings is 1. The molecule has 0 radical (unpaired) electrons. The molecule has 1 atom stereocenters. The van der Waals surface area contributed by atoms with Gasteiger partial charge < -0.3 is 9.64 Å². The van der Waals surface area contributed by atoms with Gasteiger partial charge in [0.25, 0.3) is 5.91 Å². The van der Waals surface area contributed by atoms with Crippen molar-refractivity contribution in [1.82, 2.24) is 9.80 Å². The third-order valence-electron chi connectivity index (χ3n) is 6.10. The van der Waals surface area contributed by atoms with Gasteiger partial charge in [-0.05, 0) is 69.5 Å². The number of likely N-dealkylation sites (tertiary alicyclic amines) is 2. The summed E-state index contributed by atoms with van der Waals surface area (Å²) in [5, 5.41) is 0. The summed E-state index contributed by atoms with van der Waals surface area (Å²) in [4.78, 5) is 17.2. The molecule has 3 fully saturated rings. The number of hydrogen-bond donors (Lipinski definition) is 0. The van der Waals surface area contributed by atoms with E-state index in [1.165, 1.54) is 43.5 Å². The van der Waals surface area contributed by atoms with Crippen LogP contribution in [0.5, 0.6) is 0 Å². The number of amides is 1. The molecular weight excluding hydrogens is 300 g/mol. The van der Waals surface area contributed by atoms with Crippen molar-refractivity contribution < 1.29 is 9.53 Å². The lowest BCUT2D eigenvalue weighted by Gasteiger charge is -2.47. The van der Waals surface area contributed by atoms with Crippen LogP contribution in [-0.4, -0.2) is 60.1 Å². The molecule has 0 saturated carbocycles. The SMILES string of the molecule is Cc1ccc(C(=O)N2CC3(CC(N4CCCCC4)CO3)C2)cc1C. The van der Waals surface area contributed by atoms with E-state index in [0.717, 1.165) is 31.7 Å². The van der Waals surface area contributed by atoms with Crippen LogP contribution < -0.4 is 0 Å². The predicted octanol–water partition coefficient (Wildman–Crippen LogP) is 2.77. The second kappa shape index (κ2) is 6.16. The standard InChI is InChI=1S/C20H28N2O2/c1-15-6-7-17(10-16(15)2)19(23)22-13-20(14-22)11-18(12-24-20)21-8-4-3-5-9-21/h6-7,10,18H,3-5,8-9,11-14H2,1-2H3. The number of rotatable bonds is 2. The van der Waals surface area contributed by atoms with Crippen LogP contribution in [0.2, 0.25) is 0 Å². The van der Waals surface area contributed by atoms with E-state index in [-0.39, 0.29) is 11.5 Å². The molecule has 1 spiro atoms. The number of carbonyl (C=O) groups is 1. The zero-order valence-corrected chi connectivity index (χ0v) is 14.9. The minimum absolute atomic E-state index is 0.0719. The number of nitrogens with zero attached hydrogens (tertiary/aromatic N) is 2. The maximum atomic E-state index is 12.7. The molecule has 1 aromatic carbocycles. The summed E-state index contributed by atoms with van der Waals surface area (Å²) in [6.07, 6.45) is 5.10. The summed E-state index contributed by atoms with van der Waals surface area (Å²) >= 11 is 0. The Balaban J connectivity index is 1.35. The third-order valence-corrected chi connectivity index (χ3v) is 6.10. The van der Waals surface area contributed by atoms with E-state index in [2.05, 4.69) is 18.7 Å². The lowest BCUT2D eigenvalue weighted by molar-refractivity contribution is -0.0950. The highest BCUT2D eigenvalue weighted by atomic mass is 16.5. The number of ether oxygens (including phenoxy) is 1. The summed E-state index contributed by atoms with van der Waals surface area (Å²) in [7, 11) is 0. The molecule has 0 bridgehead atoms. The molecule has 4 rings (SSSR count). The van der Waals surface area contributed by atoms with Crippen molar-refractivity contribution in [1.29, 1.82) is 0 Å². The van der Waals surface area contributed by atoms with Crippen LogP contribution in [0.4, 0.5) is 0 Å². The zero-order valence-electron chi connectivity index (χ0n) is 14.9. The first kappa shape index (κ1) is 16.1. The highest BCUT2D eigenvalue weighted by Crippen LogP contribution is 2.38. The van der Waals surface area contributed by atoms with Crippen molar-refractivity contribution in [3.05, 3.63) is 34.9 Å². The average molecular weight is 328 g/mol. The topological polar surface area (TPSA) is 32.8 Å². The average Bonchev–Trinajstić information content (AvgIpc) is 3.02. The van der Waals surface area contributed by atoms with Crippen LogP contribution in [0.1, 0.15) is 47.2 Å². The Morgan fingerprint density at radius 3 is 2.58 bits per heavy atom. The van der Waals surface area contributed by atoms with Crippen molar-refractivity contribution in [3.8, 4) is 0 Å². The number of carbonyl (C=O) groups excluding carboxylic acids is 1. The smallest absolute Gasteiger partial charge is 0.254 e. The molecule has 1 amide bonds. The van der Waals surface area contributed by atoms with E-state index < -0.39 is 0 Å². The van der Waals surface area contributed by atoms with Crippen LogP contribution in [0.25, 0.3) is 0 Å². The van der Waals surface area contributed by atoms with Gasteiger partial charge in [0, 0.05) is 11.6 Å². The molecule has 4 nitrogen and oxygen atoms in total. The van der Waals surface area contributed by atoms with Crippen molar-refractivity contribution in [2.45, 2.75) is 51.2 Å². The van der Waals surface area contributed by atoms with Crippen molar-refractivity contribution in [2.75, 3.05) is 32.8 Å². The van der Waals surface area contributed by atoms with Gasteiger partial charge >= 0.3 is 0 Å². The molecule has 1 aromatic rings. The first-order valence-corrected chi connectivity index (χ1v) is 9.31. The van der Waals surface area contributed by atoms with E-state index in [1.54, 1.807) is 0 Å². The first-order chi connectivity index (χ1) is 11.6. The minimum atomic E-state index is -0.0719. The maximum Gasteiger partial charge on any atom is 0.254 e. The largest absolute Gasteiger partial charge is 0.370 e. The maximum absolute atomic E-state index is 12.7. The molecule has 24 heavy (non-hydrogen) atoms. The Morgan fingerprint density at radius 2 is 1.88 bits per heavy atom. The fourth-order valence-electron chi connectivity index (χ4n) is 4.41. The third kappa shape index (κ3) is 2.86. The Morgan fingerprint density at radius 1 is 1.12 bits per heavy atom. The first-order valence-electron chi connectivity index (χ1n) is 9.31. The predicted molar refractivity (Wildman–Crippen MR) is 94.3 cm³/mol. The zero-order chi connectivity index (χ0) is 16.7. The van der Waals surface area contributed by atoms with E-state index in [0.29, 0.717) is 6.04 Å². The van der Waals surface area contributed by atoms with Gasteiger partial charge in [-0.3, -0.25) is 9.69 Å². The fourth-order valence-corrected chi connectivity index (χ4v) is 4.41. The Hall–Kier alpha value is -1.39. The molecule has 3 aliphatic heterocycles. The molecule has 130 valence electrons. The summed E-state index contributed by atoms with van der Waals surface area (Å²) in [6, 6.07) is 6.55. The highest BCUT2D eigenvalue weighted by Gasteiger charge is 2.52. The lowest BCUT2D eigenvalue weighted by atomic mass is 9.88. The van der Waals surface area contributed by atoms with Crippen LogP contribution in [0.3, 0.4) is 0 Å². The number of benzene rings is 1. The van der Waals surface area contributed by atoms with Crippen LogP contribution in [0, 0.1) is 13.8 Å². The van der Waals surface area contributed by atoms with E-state index in [9.17, 15) is 4.79 Å². The second-order valence-electron chi connectivity index (χ2n) is 7.91.